The van der Waals surface area contributed by atoms with Crippen LogP contribution in [0.2, 0.25) is 0 Å². The first-order valence-corrected chi connectivity index (χ1v) is 26.8. The van der Waals surface area contributed by atoms with Crippen LogP contribution in [0, 0.1) is 34.0 Å². The molecule has 6 saturated carbocycles. The van der Waals surface area contributed by atoms with Crippen LogP contribution in [-0.2, 0) is 49.3 Å². The molecular weight excluding hydrogens is 955 g/mol. The summed E-state index contributed by atoms with van der Waals surface area (Å²) in [6.45, 7) is 8.36. The van der Waals surface area contributed by atoms with Crippen molar-refractivity contribution in [1.82, 2.24) is 16.0 Å². The molecule has 2 bridgehead atoms. The number of alkyl carbamates (subject to hydrolysis) is 1. The second kappa shape index (κ2) is 18.6. The van der Waals surface area contributed by atoms with E-state index in [1.54, 1.807) is 32.9 Å². The molecule has 9 aliphatic rings. The van der Waals surface area contributed by atoms with Crippen molar-refractivity contribution in [3.8, 4) is 11.1 Å². The molecule has 1 saturated heterocycles. The van der Waals surface area contributed by atoms with Gasteiger partial charge in [-0.1, -0.05) is 98.3 Å². The van der Waals surface area contributed by atoms with E-state index in [1.165, 1.54) is 0 Å². The van der Waals surface area contributed by atoms with Gasteiger partial charge in [-0.15, -0.1) is 0 Å². The molecule has 0 spiro atoms. The Morgan fingerprint density at radius 1 is 0.920 bits per heavy atom. The Morgan fingerprint density at radius 3 is 2.27 bits per heavy atom. The highest BCUT2D eigenvalue weighted by molar-refractivity contribution is 6.01. The van der Waals surface area contributed by atoms with Crippen LogP contribution in [-0.4, -0.2) is 100 Å². The monoisotopic (exact) mass is 1020 g/mol. The van der Waals surface area contributed by atoms with Crippen molar-refractivity contribution < 1.29 is 57.9 Å². The van der Waals surface area contributed by atoms with Gasteiger partial charge in [-0.2, -0.15) is 0 Å². The number of hydrogen-bond acceptors (Lipinski definition) is 12. The number of aliphatic hydroxyl groups is 2. The number of amides is 3. The number of ketones is 2. The first-order chi connectivity index (χ1) is 35.7. The van der Waals surface area contributed by atoms with Crippen LogP contribution >= 0.6 is 0 Å². The number of nitrogens with one attached hydrogen (secondary N) is 3. The number of carbonyl (C=O) groups is 6. The number of esters is 1. The van der Waals surface area contributed by atoms with Crippen LogP contribution in [0.3, 0.4) is 0 Å². The summed E-state index contributed by atoms with van der Waals surface area (Å²) in [5.74, 6) is -2.20. The van der Waals surface area contributed by atoms with Gasteiger partial charge in [-0.25, -0.2) is 4.79 Å². The molecule has 0 aromatic heterocycles. The predicted molar refractivity (Wildman–Crippen MR) is 274 cm³/mol. The summed E-state index contributed by atoms with van der Waals surface area (Å²) in [7, 11) is 0. The second-order valence-corrected chi connectivity index (χ2v) is 24.5. The maximum absolute atomic E-state index is 14.1. The van der Waals surface area contributed by atoms with Gasteiger partial charge in [0.05, 0.1) is 12.2 Å². The van der Waals surface area contributed by atoms with Gasteiger partial charge in [-0.3, -0.25) is 24.0 Å². The zero-order chi connectivity index (χ0) is 52.9. The van der Waals surface area contributed by atoms with Gasteiger partial charge in [0.15, 0.2) is 23.5 Å². The minimum Gasteiger partial charge on any atom is -0.460 e. The fraction of sp³-hybridized carbons (Fsp3) is 0.533. The summed E-state index contributed by atoms with van der Waals surface area (Å²) in [6.07, 6.45) is 7.57. The lowest BCUT2D eigenvalue weighted by atomic mass is 9.38. The van der Waals surface area contributed by atoms with E-state index in [2.05, 4.69) is 22.9 Å². The Balaban J connectivity index is 0.690. The average molecular weight is 1020 g/mol. The number of ether oxygens (including phenoxy) is 4. The molecule has 3 aromatic carbocycles. The van der Waals surface area contributed by atoms with E-state index < -0.39 is 94.9 Å². The maximum Gasteiger partial charge on any atom is 0.407 e. The first kappa shape index (κ1) is 51.1. The number of allylic oxidation sites excluding steroid dienone is 4. The van der Waals surface area contributed by atoms with Crippen molar-refractivity contribution in [2.24, 2.45) is 34.0 Å². The van der Waals surface area contributed by atoms with Gasteiger partial charge in [0.1, 0.15) is 31.4 Å². The average Bonchev–Trinajstić information content (AvgIpc) is 3.98. The van der Waals surface area contributed by atoms with Gasteiger partial charge in [-0.05, 0) is 136 Å². The maximum atomic E-state index is 14.1. The highest BCUT2D eigenvalue weighted by Crippen LogP contribution is 2.71. The molecule has 12 rings (SSSR count). The molecule has 10 atom stereocenters. The molecule has 5 N–H and O–H groups in total. The summed E-state index contributed by atoms with van der Waals surface area (Å²) in [4.78, 5) is 79.3. The van der Waals surface area contributed by atoms with Crippen LogP contribution in [0.1, 0.15) is 127 Å². The zero-order valence-electron chi connectivity index (χ0n) is 43.4. The van der Waals surface area contributed by atoms with E-state index in [4.69, 9.17) is 18.9 Å². The summed E-state index contributed by atoms with van der Waals surface area (Å²) in [5.41, 5.74) is 3.31. The second-order valence-electron chi connectivity index (χ2n) is 24.5. The van der Waals surface area contributed by atoms with Gasteiger partial charge in [0, 0.05) is 40.2 Å². The number of benzene rings is 3. The zero-order valence-corrected chi connectivity index (χ0v) is 43.4. The van der Waals surface area contributed by atoms with E-state index >= 15 is 0 Å². The van der Waals surface area contributed by atoms with Crippen molar-refractivity contribution in [1.29, 1.82) is 0 Å². The van der Waals surface area contributed by atoms with E-state index in [9.17, 15) is 39.0 Å². The molecule has 3 amide bonds. The standard InChI is InChI=1S/C60H69N3O12/c1-55(2,3)74-50(69)21-20-45(62-49(68)28-61-54(71)72-30-43-40-12-8-6-10-38(40)39-11-7-9-13-41(39)43)52(70)63-59-31-58(32-59,33-59)26-34-14-16-35(17-15-34)53-73-48-25-44-42-19-18-36-24-37(65)22-23-56(36,4)51(42)46(66)27-57(44,5)60(48,75-53)47(67)29-64/h6-17,22-24,42-46,48,51,53,64,66H,18-21,25-33H2,1-5H3,(H,61,71)(H,62,68)(H,63,70)/t42-,44-,45-,46-,48+,51+,53+,56-,57-,58?,59?,60+/m0/s1. The smallest absolute Gasteiger partial charge is 0.407 e. The van der Waals surface area contributed by atoms with Gasteiger partial charge >= 0.3 is 12.1 Å². The van der Waals surface area contributed by atoms with Crippen LogP contribution in [0.4, 0.5) is 4.79 Å². The van der Waals surface area contributed by atoms with Crippen molar-refractivity contribution in [3.05, 3.63) is 119 Å². The minimum absolute atomic E-state index is 0.00184. The number of rotatable bonds is 15. The van der Waals surface area contributed by atoms with Crippen LogP contribution in [0.5, 0.6) is 0 Å². The third-order valence-electron chi connectivity index (χ3n) is 18.6. The van der Waals surface area contributed by atoms with Crippen molar-refractivity contribution in [2.45, 2.75) is 146 Å². The van der Waals surface area contributed by atoms with Gasteiger partial charge in [0.2, 0.25) is 11.8 Å². The number of aliphatic hydroxyl groups excluding tert-OH is 2. The highest BCUT2D eigenvalue weighted by Gasteiger charge is 2.76. The highest BCUT2D eigenvalue weighted by atomic mass is 16.7. The largest absolute Gasteiger partial charge is 0.460 e. The molecule has 396 valence electrons. The molecule has 15 heteroatoms. The molecule has 7 fully saturated rings. The fourth-order valence-electron chi connectivity index (χ4n) is 15.7. The topological polar surface area (TPSA) is 216 Å². The van der Waals surface area contributed by atoms with E-state index in [0.29, 0.717) is 12.8 Å². The van der Waals surface area contributed by atoms with E-state index in [1.807, 2.05) is 85.8 Å². The lowest BCUT2D eigenvalue weighted by Gasteiger charge is -2.71. The molecule has 75 heavy (non-hydrogen) atoms. The summed E-state index contributed by atoms with van der Waals surface area (Å²) in [6, 6.07) is 22.9. The number of hydrogen-bond donors (Lipinski definition) is 5. The van der Waals surface area contributed by atoms with Crippen LogP contribution in [0.15, 0.2) is 96.6 Å². The van der Waals surface area contributed by atoms with Crippen LogP contribution in [0.25, 0.3) is 11.1 Å². The normalized spacial score (nSPS) is 33.9. The SMILES string of the molecule is CC(C)(C)OC(=O)CC[C@H](NC(=O)CNC(=O)OCC1c2ccccc2-c2ccccc21)C(=O)NC12CC(Cc3ccc([C@@H]4O[C@@H]5C[C@H]6[C@@H]7CCC8=CC(=O)C=C[C@]8(C)[C@H]7[C@@H](O)C[C@]6(C)[C@]5(C(=O)CO)O4)cc3)(C1)C2. The number of fused-ring (bicyclic) bond motifs is 10. The molecule has 15 nitrogen and oxygen atoms in total. The molecule has 3 aromatic rings. The Hall–Kier alpha value is -6.00. The molecule has 0 unspecified atom stereocenters. The third-order valence-corrected chi connectivity index (χ3v) is 18.6. The minimum atomic E-state index is -1.44. The van der Waals surface area contributed by atoms with Gasteiger partial charge < -0.3 is 45.1 Å². The Labute approximate surface area is 437 Å². The van der Waals surface area contributed by atoms with E-state index in [-0.39, 0.29) is 54.3 Å². The fourth-order valence-corrected chi connectivity index (χ4v) is 15.7. The lowest BCUT2D eigenvalue weighted by molar-refractivity contribution is -0.201. The Bertz CT molecular complexity index is 2840. The molecule has 1 aliphatic heterocycles. The van der Waals surface area contributed by atoms with Crippen molar-refractivity contribution in [3.63, 3.8) is 0 Å². The molecule has 8 aliphatic carbocycles. The molecule has 0 radical (unpaired) electrons. The van der Waals surface area contributed by atoms with Crippen molar-refractivity contribution in [2.75, 3.05) is 19.8 Å². The third kappa shape index (κ3) is 8.75. The van der Waals surface area contributed by atoms with E-state index in [0.717, 1.165) is 77.5 Å². The summed E-state index contributed by atoms with van der Waals surface area (Å²) < 4.78 is 24.6. The molecular formula is C60H69N3O12. The summed E-state index contributed by atoms with van der Waals surface area (Å²) in [5, 5.41) is 30.9. The molecule has 1 heterocycles. The number of carbonyl (C=O) groups excluding carboxylic acids is 6. The van der Waals surface area contributed by atoms with Crippen LogP contribution < -0.4 is 16.0 Å². The number of Topliss-reactive ketones (excluding diaryl/α,β-unsaturated/α-hetero) is 1. The summed E-state index contributed by atoms with van der Waals surface area (Å²) >= 11 is 0. The lowest BCUT2D eigenvalue weighted by Crippen LogP contribution is -2.76. The first-order valence-electron chi connectivity index (χ1n) is 26.8. The Morgan fingerprint density at radius 2 is 1.60 bits per heavy atom. The van der Waals surface area contributed by atoms with Crippen molar-refractivity contribution >= 4 is 35.4 Å². The Kier molecular flexibility index (Phi) is 12.7. The quantitative estimate of drug-likeness (QED) is 0.0972. The van der Waals surface area contributed by atoms with Gasteiger partial charge in [0.25, 0.3) is 0 Å². The predicted octanol–water partition coefficient (Wildman–Crippen LogP) is 7.02.